The molecule has 7 nitrogen and oxygen atoms in total. The van der Waals surface area contributed by atoms with Gasteiger partial charge in [-0.2, -0.15) is 0 Å². The number of hydrogen-bond donors (Lipinski definition) is 1. The molecule has 2 aromatic rings. The van der Waals surface area contributed by atoms with E-state index >= 15 is 0 Å². The summed E-state index contributed by atoms with van der Waals surface area (Å²) in [7, 11) is 0. The van der Waals surface area contributed by atoms with Gasteiger partial charge < -0.3 is 14.6 Å². The number of hydrogen-bond acceptors (Lipinski definition) is 6. The summed E-state index contributed by atoms with van der Waals surface area (Å²) >= 11 is 0.803. The molecule has 1 aliphatic rings. The Labute approximate surface area is 171 Å². The summed E-state index contributed by atoms with van der Waals surface area (Å²) in [4.78, 5) is 37.9. The van der Waals surface area contributed by atoms with E-state index in [1.54, 1.807) is 48.5 Å². The molecule has 29 heavy (non-hydrogen) atoms. The number of nitrogens with zero attached hydrogens (tertiary/aromatic N) is 1. The van der Waals surface area contributed by atoms with Gasteiger partial charge in [0.1, 0.15) is 11.5 Å². The van der Waals surface area contributed by atoms with E-state index in [9.17, 15) is 14.4 Å². The monoisotopic (exact) mass is 413 g/mol. The van der Waals surface area contributed by atoms with Crippen LogP contribution in [0.5, 0.6) is 11.5 Å². The van der Waals surface area contributed by atoms with Gasteiger partial charge in [0.05, 0.1) is 17.2 Å². The highest BCUT2D eigenvalue weighted by atomic mass is 32.2. The minimum Gasteiger partial charge on any atom is -0.492 e. The van der Waals surface area contributed by atoms with Gasteiger partial charge in [-0.1, -0.05) is 30.3 Å². The third-order valence-electron chi connectivity index (χ3n) is 4.06. The molecule has 1 fully saturated rings. The van der Waals surface area contributed by atoms with Crippen LogP contribution in [-0.4, -0.2) is 34.9 Å². The van der Waals surface area contributed by atoms with Gasteiger partial charge >= 0.3 is 5.97 Å². The quantitative estimate of drug-likeness (QED) is 0.681. The van der Waals surface area contributed by atoms with Crippen LogP contribution in [0.15, 0.2) is 53.4 Å². The van der Waals surface area contributed by atoms with E-state index < -0.39 is 23.2 Å². The van der Waals surface area contributed by atoms with Crippen LogP contribution in [0.3, 0.4) is 0 Å². The van der Waals surface area contributed by atoms with Gasteiger partial charge in [0.25, 0.3) is 11.1 Å². The topological polar surface area (TPSA) is 93.1 Å². The van der Waals surface area contributed by atoms with Crippen LogP contribution in [0.1, 0.15) is 19.4 Å². The molecule has 1 atom stereocenters. The number of anilines is 1. The van der Waals surface area contributed by atoms with Crippen molar-refractivity contribution in [2.75, 3.05) is 11.5 Å². The molecule has 1 saturated heterocycles. The fourth-order valence-corrected chi connectivity index (χ4v) is 3.51. The van der Waals surface area contributed by atoms with Crippen LogP contribution < -0.4 is 14.4 Å². The molecular formula is C21H19NO6S. The van der Waals surface area contributed by atoms with Gasteiger partial charge in [-0.15, -0.1) is 0 Å². The number of aliphatic carboxylic acids is 1. The second-order valence-electron chi connectivity index (χ2n) is 6.05. The van der Waals surface area contributed by atoms with Crippen molar-refractivity contribution in [3.05, 3.63) is 59.0 Å². The molecule has 8 heteroatoms. The molecule has 0 bridgehead atoms. The molecule has 0 aromatic heterocycles. The van der Waals surface area contributed by atoms with Gasteiger partial charge in [-0.25, -0.2) is 9.69 Å². The number of carboxylic acid groups (broad SMARTS) is 1. The van der Waals surface area contributed by atoms with Crippen molar-refractivity contribution in [1.82, 2.24) is 0 Å². The predicted octanol–water partition coefficient (Wildman–Crippen LogP) is 4.18. The van der Waals surface area contributed by atoms with Crippen molar-refractivity contribution >= 4 is 40.6 Å². The first kappa shape index (κ1) is 20.5. The summed E-state index contributed by atoms with van der Waals surface area (Å²) < 4.78 is 11.0. The summed E-state index contributed by atoms with van der Waals surface area (Å²) in [6.07, 6.45) is 0.468. The average molecular weight is 413 g/mol. The SMILES string of the molecule is CCOc1ccccc1N1C(=O)S/C(=C/c2ccccc2OC(C)C(=O)O)C1=O. The molecular weight excluding hydrogens is 394 g/mol. The van der Waals surface area contributed by atoms with Crippen molar-refractivity contribution in [3.8, 4) is 11.5 Å². The van der Waals surface area contributed by atoms with Crippen LogP contribution in [0, 0.1) is 0 Å². The number of amides is 2. The molecule has 1 unspecified atom stereocenters. The molecule has 3 rings (SSSR count). The molecule has 0 spiro atoms. The highest BCUT2D eigenvalue weighted by Crippen LogP contribution is 2.40. The van der Waals surface area contributed by atoms with Crippen molar-refractivity contribution in [2.45, 2.75) is 20.0 Å². The van der Waals surface area contributed by atoms with E-state index in [1.165, 1.54) is 13.0 Å². The third-order valence-corrected chi connectivity index (χ3v) is 4.93. The van der Waals surface area contributed by atoms with E-state index in [-0.39, 0.29) is 4.91 Å². The number of carbonyl (C=O) groups is 3. The number of ether oxygens (including phenoxy) is 2. The van der Waals surface area contributed by atoms with Gasteiger partial charge in [0.2, 0.25) is 0 Å². The number of benzene rings is 2. The fraction of sp³-hybridized carbons (Fsp3) is 0.190. The van der Waals surface area contributed by atoms with E-state index in [1.807, 2.05) is 6.92 Å². The van der Waals surface area contributed by atoms with E-state index in [4.69, 9.17) is 14.6 Å². The Morgan fingerprint density at radius 3 is 2.48 bits per heavy atom. The zero-order valence-corrected chi connectivity index (χ0v) is 16.6. The lowest BCUT2D eigenvalue weighted by atomic mass is 10.1. The molecule has 0 aliphatic carbocycles. The van der Waals surface area contributed by atoms with Crippen molar-refractivity contribution in [1.29, 1.82) is 0 Å². The summed E-state index contributed by atoms with van der Waals surface area (Å²) in [6, 6.07) is 13.6. The maximum atomic E-state index is 12.9. The lowest BCUT2D eigenvalue weighted by Gasteiger charge is -2.16. The van der Waals surface area contributed by atoms with Crippen molar-refractivity contribution < 1.29 is 29.0 Å². The average Bonchev–Trinajstić information content (AvgIpc) is 2.97. The Morgan fingerprint density at radius 1 is 1.14 bits per heavy atom. The number of carboxylic acids is 1. The van der Waals surface area contributed by atoms with Gasteiger partial charge in [-0.3, -0.25) is 9.59 Å². The normalized spacial score (nSPS) is 16.2. The molecule has 1 N–H and O–H groups in total. The Bertz CT molecular complexity index is 987. The Kier molecular flexibility index (Phi) is 6.23. The largest absolute Gasteiger partial charge is 0.492 e. The number of para-hydroxylation sites is 3. The van der Waals surface area contributed by atoms with E-state index in [0.29, 0.717) is 29.4 Å². The highest BCUT2D eigenvalue weighted by molar-refractivity contribution is 8.19. The zero-order chi connectivity index (χ0) is 21.0. The summed E-state index contributed by atoms with van der Waals surface area (Å²) in [5.41, 5.74) is 0.883. The molecule has 1 heterocycles. The number of imide groups is 1. The van der Waals surface area contributed by atoms with Crippen LogP contribution in [0.4, 0.5) is 10.5 Å². The van der Waals surface area contributed by atoms with Crippen LogP contribution in [0.2, 0.25) is 0 Å². The fourth-order valence-electron chi connectivity index (χ4n) is 2.68. The lowest BCUT2D eigenvalue weighted by Crippen LogP contribution is -2.28. The maximum Gasteiger partial charge on any atom is 0.344 e. The third kappa shape index (κ3) is 4.43. The predicted molar refractivity (Wildman–Crippen MR) is 110 cm³/mol. The van der Waals surface area contributed by atoms with Crippen molar-refractivity contribution in [2.24, 2.45) is 0 Å². The van der Waals surface area contributed by atoms with Gasteiger partial charge in [-0.05, 0) is 49.9 Å². The number of rotatable bonds is 7. The lowest BCUT2D eigenvalue weighted by molar-refractivity contribution is -0.144. The Hall–Kier alpha value is -3.26. The molecule has 1 aliphatic heterocycles. The summed E-state index contributed by atoms with van der Waals surface area (Å²) in [6.45, 7) is 3.63. The van der Waals surface area contributed by atoms with Crippen LogP contribution >= 0.6 is 11.8 Å². The smallest absolute Gasteiger partial charge is 0.344 e. The van der Waals surface area contributed by atoms with E-state index in [0.717, 1.165) is 16.7 Å². The molecule has 2 amide bonds. The summed E-state index contributed by atoms with van der Waals surface area (Å²) in [5.74, 6) is -0.831. The maximum absolute atomic E-state index is 12.9. The Morgan fingerprint density at radius 2 is 1.79 bits per heavy atom. The second-order valence-corrected chi connectivity index (χ2v) is 7.05. The minimum absolute atomic E-state index is 0.209. The summed E-state index contributed by atoms with van der Waals surface area (Å²) in [5, 5.41) is 8.62. The second kappa shape index (κ2) is 8.83. The first-order valence-corrected chi connectivity index (χ1v) is 9.72. The number of thioether (sulfide) groups is 1. The highest BCUT2D eigenvalue weighted by Gasteiger charge is 2.38. The van der Waals surface area contributed by atoms with E-state index in [2.05, 4.69) is 0 Å². The molecule has 0 saturated carbocycles. The van der Waals surface area contributed by atoms with Crippen LogP contribution in [-0.2, 0) is 9.59 Å². The minimum atomic E-state index is -1.10. The standard InChI is InChI=1S/C21H19NO6S/c1-3-27-17-11-7-5-9-15(17)22-19(23)18(29-21(22)26)12-14-8-4-6-10-16(14)28-13(2)20(24)25/h4-13H,3H2,1-2H3,(H,24,25)/b18-12+. The molecule has 150 valence electrons. The van der Waals surface area contributed by atoms with Crippen molar-refractivity contribution in [3.63, 3.8) is 0 Å². The van der Waals surface area contributed by atoms with Crippen LogP contribution in [0.25, 0.3) is 6.08 Å². The zero-order valence-electron chi connectivity index (χ0n) is 15.8. The van der Waals surface area contributed by atoms with Gasteiger partial charge in [0.15, 0.2) is 6.10 Å². The molecule has 2 aromatic carbocycles. The number of carbonyl (C=O) groups excluding carboxylic acids is 2. The first-order chi connectivity index (χ1) is 13.9. The Balaban J connectivity index is 1.93. The molecule has 0 radical (unpaired) electrons. The van der Waals surface area contributed by atoms with Gasteiger partial charge in [0, 0.05) is 5.56 Å². The first-order valence-electron chi connectivity index (χ1n) is 8.90.